The van der Waals surface area contributed by atoms with Crippen molar-refractivity contribution < 1.29 is 29.0 Å². The molecule has 212 valence electrons. The fourth-order valence-corrected chi connectivity index (χ4v) is 7.17. The minimum atomic E-state index is -0.787. The van der Waals surface area contributed by atoms with Crippen LogP contribution in [0.4, 0.5) is 0 Å². The Hall–Kier alpha value is -3.72. The van der Waals surface area contributed by atoms with Gasteiger partial charge in [-0.05, 0) is 51.8 Å². The molecule has 4 N–H and O–H groups in total. The van der Waals surface area contributed by atoms with E-state index >= 15 is 0 Å². The summed E-state index contributed by atoms with van der Waals surface area (Å²) >= 11 is 0. The second kappa shape index (κ2) is 10.0. The number of likely N-dealkylation sites (N-methyl/N-ethyl adjacent to an activating group) is 1. The highest BCUT2D eigenvalue weighted by molar-refractivity contribution is 6.25. The summed E-state index contributed by atoms with van der Waals surface area (Å²) in [6.07, 6.45) is 0.670. The number of piperazine rings is 1. The fraction of sp³-hybridized carbons (Fsp3) is 0.517. The van der Waals surface area contributed by atoms with Gasteiger partial charge in [-0.2, -0.15) is 5.26 Å². The Morgan fingerprint density at radius 1 is 1.23 bits per heavy atom. The SMILES string of the molecule is COC1=C(C)C(=O)C2=C(C1=O)[C@H](CNC(=O)[C@H](C)N)N1C(C2)[C@H]2c3c(cc(C)c(OC)c3O)CC([C@@H]1C#N)N2C. The van der Waals surface area contributed by atoms with Gasteiger partial charge in [-0.25, -0.2) is 0 Å². The summed E-state index contributed by atoms with van der Waals surface area (Å²) in [5.41, 5.74) is 9.01. The maximum Gasteiger partial charge on any atom is 0.236 e. The number of nitrogens with one attached hydrogen (secondary N) is 1. The Labute approximate surface area is 233 Å². The Morgan fingerprint density at radius 3 is 2.52 bits per heavy atom. The zero-order chi connectivity index (χ0) is 29.2. The van der Waals surface area contributed by atoms with Crippen molar-refractivity contribution in [2.45, 2.75) is 69.9 Å². The molecule has 0 saturated carbocycles. The Balaban J connectivity index is 1.72. The first kappa shape index (κ1) is 27.8. The number of nitrogens with zero attached hydrogens (tertiary/aromatic N) is 3. The lowest BCUT2D eigenvalue weighted by Crippen LogP contribution is -2.71. The summed E-state index contributed by atoms with van der Waals surface area (Å²) in [5.74, 6) is -0.749. The van der Waals surface area contributed by atoms with Crippen LogP contribution in [0.1, 0.15) is 43.0 Å². The van der Waals surface area contributed by atoms with Gasteiger partial charge in [-0.15, -0.1) is 0 Å². The molecular weight excluding hydrogens is 514 g/mol. The number of fused-ring (bicyclic) bond motifs is 6. The number of ketones is 2. The van der Waals surface area contributed by atoms with Crippen molar-refractivity contribution in [3.05, 3.63) is 45.2 Å². The molecule has 1 amide bonds. The maximum absolute atomic E-state index is 13.8. The lowest BCUT2D eigenvalue weighted by molar-refractivity contribution is -0.125. The highest BCUT2D eigenvalue weighted by Gasteiger charge is 2.57. The molecule has 11 nitrogen and oxygen atoms in total. The zero-order valence-electron chi connectivity index (χ0n) is 23.6. The number of ether oxygens (including phenoxy) is 2. The minimum absolute atomic E-state index is 0.0256. The second-order valence-electron chi connectivity index (χ2n) is 11.1. The number of allylic oxidation sites excluding steroid dienone is 2. The highest BCUT2D eigenvalue weighted by atomic mass is 16.5. The van der Waals surface area contributed by atoms with Gasteiger partial charge in [0, 0.05) is 40.9 Å². The Bertz CT molecular complexity index is 1420. The number of aromatic hydroxyl groups is 1. The van der Waals surface area contributed by atoms with E-state index < -0.39 is 41.9 Å². The number of phenolic OH excluding ortho intramolecular Hbond substituents is 1. The van der Waals surface area contributed by atoms with Crippen LogP contribution in [-0.2, 0) is 25.5 Å². The summed E-state index contributed by atoms with van der Waals surface area (Å²) in [6, 6.07) is 1.07. The van der Waals surface area contributed by atoms with Gasteiger partial charge in [-0.3, -0.25) is 24.2 Å². The molecule has 3 heterocycles. The average Bonchev–Trinajstić information content (AvgIpc) is 2.91. The molecule has 5 rings (SSSR count). The number of carbonyl (C=O) groups is 3. The molecule has 0 aromatic heterocycles. The van der Waals surface area contributed by atoms with Crippen LogP contribution in [0.5, 0.6) is 11.5 Å². The zero-order valence-corrected chi connectivity index (χ0v) is 23.6. The smallest absolute Gasteiger partial charge is 0.236 e. The van der Waals surface area contributed by atoms with Crippen molar-refractivity contribution in [2.75, 3.05) is 27.8 Å². The molecule has 4 aliphatic rings. The summed E-state index contributed by atoms with van der Waals surface area (Å²) in [6.45, 7) is 4.97. The minimum Gasteiger partial charge on any atom is -0.504 e. The number of amides is 1. The number of carbonyl (C=O) groups excluding carboxylic acids is 3. The topological polar surface area (TPSA) is 158 Å². The van der Waals surface area contributed by atoms with Crippen LogP contribution < -0.4 is 15.8 Å². The highest BCUT2D eigenvalue weighted by Crippen LogP contribution is 2.53. The number of aryl methyl sites for hydroxylation is 1. The third-order valence-electron chi connectivity index (χ3n) is 8.95. The van der Waals surface area contributed by atoms with Crippen LogP contribution >= 0.6 is 0 Å². The molecule has 2 bridgehead atoms. The van der Waals surface area contributed by atoms with Crippen molar-refractivity contribution in [3.8, 4) is 17.6 Å². The second-order valence-corrected chi connectivity index (χ2v) is 11.1. The summed E-state index contributed by atoms with van der Waals surface area (Å²) in [5, 5.41) is 24.8. The average molecular weight is 550 g/mol. The van der Waals surface area contributed by atoms with Gasteiger partial charge in [0.15, 0.2) is 23.0 Å². The van der Waals surface area contributed by atoms with E-state index in [1.807, 2.05) is 24.9 Å². The van der Waals surface area contributed by atoms with E-state index in [4.69, 9.17) is 15.2 Å². The summed E-state index contributed by atoms with van der Waals surface area (Å²) < 4.78 is 10.9. The number of nitrogens with two attached hydrogens (primary N) is 1. The number of methoxy groups -OCH3 is 2. The van der Waals surface area contributed by atoms with Gasteiger partial charge in [0.1, 0.15) is 6.04 Å². The molecule has 6 atom stereocenters. The maximum atomic E-state index is 13.8. The van der Waals surface area contributed by atoms with Crippen molar-refractivity contribution in [2.24, 2.45) is 5.73 Å². The van der Waals surface area contributed by atoms with Gasteiger partial charge >= 0.3 is 0 Å². The third-order valence-corrected chi connectivity index (χ3v) is 8.95. The molecule has 1 aliphatic carbocycles. The molecule has 1 saturated heterocycles. The number of hydrogen-bond acceptors (Lipinski definition) is 10. The Morgan fingerprint density at radius 2 is 1.93 bits per heavy atom. The van der Waals surface area contributed by atoms with Gasteiger partial charge in [0.2, 0.25) is 11.7 Å². The van der Waals surface area contributed by atoms with E-state index in [-0.39, 0.29) is 47.4 Å². The predicted molar refractivity (Wildman–Crippen MR) is 144 cm³/mol. The van der Waals surface area contributed by atoms with Crippen molar-refractivity contribution >= 4 is 17.5 Å². The molecule has 1 aromatic rings. The van der Waals surface area contributed by atoms with Crippen LogP contribution in [0.25, 0.3) is 0 Å². The van der Waals surface area contributed by atoms with Crippen LogP contribution in [0.2, 0.25) is 0 Å². The lowest BCUT2D eigenvalue weighted by atomic mass is 9.69. The summed E-state index contributed by atoms with van der Waals surface area (Å²) in [7, 11) is 4.78. The third kappa shape index (κ3) is 3.85. The monoisotopic (exact) mass is 549 g/mol. The number of rotatable bonds is 5. The summed E-state index contributed by atoms with van der Waals surface area (Å²) in [4.78, 5) is 44.1. The van der Waals surface area contributed by atoms with Crippen molar-refractivity contribution in [1.82, 2.24) is 15.1 Å². The normalized spacial score (nSPS) is 28.8. The van der Waals surface area contributed by atoms with E-state index in [0.717, 1.165) is 11.1 Å². The van der Waals surface area contributed by atoms with Crippen molar-refractivity contribution in [3.63, 3.8) is 0 Å². The number of hydrogen-bond donors (Lipinski definition) is 3. The first-order chi connectivity index (χ1) is 19.0. The molecule has 11 heteroatoms. The molecule has 40 heavy (non-hydrogen) atoms. The van der Waals surface area contributed by atoms with Crippen LogP contribution in [0, 0.1) is 18.3 Å². The van der Waals surface area contributed by atoms with Crippen LogP contribution in [0.15, 0.2) is 28.5 Å². The first-order valence-corrected chi connectivity index (χ1v) is 13.4. The molecule has 0 spiro atoms. The lowest BCUT2D eigenvalue weighted by Gasteiger charge is -2.60. The molecule has 1 aromatic carbocycles. The quantitative estimate of drug-likeness (QED) is 0.448. The number of phenols is 1. The van der Waals surface area contributed by atoms with E-state index in [9.17, 15) is 24.8 Å². The van der Waals surface area contributed by atoms with Gasteiger partial charge in [0.05, 0.1) is 38.4 Å². The van der Waals surface area contributed by atoms with Crippen LogP contribution in [-0.4, -0.2) is 90.4 Å². The predicted octanol–water partition coefficient (Wildman–Crippen LogP) is 0.788. The molecule has 2 unspecified atom stereocenters. The van der Waals surface area contributed by atoms with E-state index in [1.54, 1.807) is 13.8 Å². The standard InChI is InChI=1S/C29H35N5O6/c1-12-7-15-8-17-19(10-30)34-18(23(33(17)4)21(15)25(36)27(12)39-5)9-16-22(20(34)11-32-29(38)14(3)31)26(37)28(40-6)13(2)24(16)35/h7,14,17-20,23,36H,8-9,11,31H2,1-6H3,(H,32,38)/t14-,17?,18?,19-,20-,23-/m0/s1. The van der Waals surface area contributed by atoms with Gasteiger partial charge in [0.25, 0.3) is 0 Å². The van der Waals surface area contributed by atoms with Crippen LogP contribution in [0.3, 0.4) is 0 Å². The molecule has 0 radical (unpaired) electrons. The van der Waals surface area contributed by atoms with E-state index in [1.165, 1.54) is 14.2 Å². The van der Waals surface area contributed by atoms with Crippen molar-refractivity contribution in [1.29, 1.82) is 5.26 Å². The number of benzene rings is 1. The van der Waals surface area contributed by atoms with E-state index in [2.05, 4.69) is 16.3 Å². The number of Topliss-reactive ketones (excluding diaryl/α,β-unsaturated/α-hetero) is 2. The van der Waals surface area contributed by atoms with Gasteiger partial charge in [-0.1, -0.05) is 6.07 Å². The molecule has 1 fully saturated rings. The largest absolute Gasteiger partial charge is 0.504 e. The number of nitriles is 1. The molecule has 3 aliphatic heterocycles. The fourth-order valence-electron chi connectivity index (χ4n) is 7.17. The Kier molecular flexibility index (Phi) is 6.98. The van der Waals surface area contributed by atoms with E-state index in [0.29, 0.717) is 23.3 Å². The molecular formula is C29H35N5O6. The first-order valence-electron chi connectivity index (χ1n) is 13.4. The van der Waals surface area contributed by atoms with Gasteiger partial charge < -0.3 is 25.6 Å².